The molecule has 0 aliphatic carbocycles. The standard InChI is InChI=1S/C6H15N3O4S/c7-5(8)1-2-6(10)9-3-4-14(11,12)13/h5H,1-4,7-8H2,(H,9,10)(H,11,12,13). The Balaban J connectivity index is 3.55. The average Bonchev–Trinajstić information content (AvgIpc) is 1.98. The van der Waals surface area contributed by atoms with E-state index in [4.69, 9.17) is 16.0 Å². The fraction of sp³-hybridized carbons (Fsp3) is 0.833. The van der Waals surface area contributed by atoms with Gasteiger partial charge in [-0.05, 0) is 6.42 Å². The number of nitrogens with one attached hydrogen (secondary N) is 1. The van der Waals surface area contributed by atoms with E-state index >= 15 is 0 Å². The Labute approximate surface area is 82.6 Å². The highest BCUT2D eigenvalue weighted by atomic mass is 32.2. The third kappa shape index (κ3) is 9.39. The van der Waals surface area contributed by atoms with E-state index in [1.807, 2.05) is 0 Å². The highest BCUT2D eigenvalue weighted by molar-refractivity contribution is 7.85. The lowest BCUT2D eigenvalue weighted by molar-refractivity contribution is -0.121. The second-order valence-corrected chi connectivity index (χ2v) is 4.41. The largest absolute Gasteiger partial charge is 0.355 e. The summed E-state index contributed by atoms with van der Waals surface area (Å²) in [5.41, 5.74) is 10.4. The minimum atomic E-state index is -4.02. The summed E-state index contributed by atoms with van der Waals surface area (Å²) in [5, 5.41) is 2.31. The number of amides is 1. The molecule has 14 heavy (non-hydrogen) atoms. The maximum atomic E-state index is 10.9. The highest BCUT2D eigenvalue weighted by Gasteiger charge is 2.06. The van der Waals surface area contributed by atoms with Crippen LogP contribution in [0.2, 0.25) is 0 Å². The monoisotopic (exact) mass is 225 g/mol. The van der Waals surface area contributed by atoms with Crippen molar-refractivity contribution in [3.63, 3.8) is 0 Å². The Kier molecular flexibility index (Phi) is 5.62. The van der Waals surface area contributed by atoms with E-state index in [0.29, 0.717) is 6.42 Å². The fourth-order valence-electron chi connectivity index (χ4n) is 0.706. The number of rotatable bonds is 6. The van der Waals surface area contributed by atoms with E-state index in [1.165, 1.54) is 0 Å². The molecule has 1 amide bonds. The van der Waals surface area contributed by atoms with E-state index in [-0.39, 0.29) is 18.9 Å². The Bertz CT molecular complexity index is 275. The van der Waals surface area contributed by atoms with Crippen molar-refractivity contribution in [3.8, 4) is 0 Å². The Morgan fingerprint density at radius 2 is 2.00 bits per heavy atom. The van der Waals surface area contributed by atoms with Gasteiger partial charge in [-0.15, -0.1) is 0 Å². The van der Waals surface area contributed by atoms with Gasteiger partial charge in [0.2, 0.25) is 5.91 Å². The van der Waals surface area contributed by atoms with E-state index < -0.39 is 22.0 Å². The van der Waals surface area contributed by atoms with Crippen molar-refractivity contribution >= 4 is 16.0 Å². The van der Waals surface area contributed by atoms with Gasteiger partial charge in [-0.25, -0.2) is 0 Å². The Morgan fingerprint density at radius 1 is 1.43 bits per heavy atom. The second kappa shape index (κ2) is 5.91. The molecule has 0 unspecified atom stereocenters. The van der Waals surface area contributed by atoms with Crippen molar-refractivity contribution in [3.05, 3.63) is 0 Å². The van der Waals surface area contributed by atoms with Gasteiger partial charge in [0.05, 0.1) is 11.9 Å². The van der Waals surface area contributed by atoms with Crippen LogP contribution >= 0.6 is 0 Å². The Morgan fingerprint density at radius 3 is 2.43 bits per heavy atom. The van der Waals surface area contributed by atoms with Gasteiger partial charge in [0.25, 0.3) is 10.1 Å². The molecule has 0 aromatic heterocycles. The molecular formula is C6H15N3O4S. The van der Waals surface area contributed by atoms with Crippen LogP contribution in [0.5, 0.6) is 0 Å². The molecule has 0 aliphatic heterocycles. The van der Waals surface area contributed by atoms with E-state index in [0.717, 1.165) is 0 Å². The molecule has 0 atom stereocenters. The lowest BCUT2D eigenvalue weighted by atomic mass is 10.2. The second-order valence-electron chi connectivity index (χ2n) is 2.84. The molecule has 7 nitrogen and oxygen atoms in total. The zero-order valence-corrected chi connectivity index (χ0v) is 8.46. The first kappa shape index (κ1) is 13.3. The van der Waals surface area contributed by atoms with Crippen LogP contribution in [0.1, 0.15) is 12.8 Å². The SMILES string of the molecule is NC(N)CCC(=O)NCCS(=O)(=O)O. The molecule has 0 saturated heterocycles. The molecule has 0 radical (unpaired) electrons. The number of carbonyl (C=O) groups is 1. The van der Waals surface area contributed by atoms with E-state index in [1.54, 1.807) is 0 Å². The molecule has 0 heterocycles. The first-order valence-corrected chi connectivity index (χ1v) is 5.65. The normalized spacial score (nSPS) is 11.7. The van der Waals surface area contributed by atoms with Gasteiger partial charge < -0.3 is 16.8 Å². The molecule has 8 heteroatoms. The third-order valence-corrected chi connectivity index (χ3v) is 2.11. The summed E-state index contributed by atoms with van der Waals surface area (Å²) in [4.78, 5) is 10.9. The first-order valence-electron chi connectivity index (χ1n) is 4.04. The zero-order valence-electron chi connectivity index (χ0n) is 7.64. The average molecular weight is 225 g/mol. The summed E-state index contributed by atoms with van der Waals surface area (Å²) in [6.45, 7) is -0.114. The minimum absolute atomic E-state index is 0.114. The fourth-order valence-corrected chi connectivity index (χ4v) is 1.07. The van der Waals surface area contributed by atoms with Crippen LogP contribution in [0.3, 0.4) is 0 Å². The summed E-state index contributed by atoms with van der Waals surface area (Å²) in [7, 11) is -4.02. The molecule has 0 spiro atoms. The zero-order chi connectivity index (χ0) is 11.2. The van der Waals surface area contributed by atoms with Gasteiger partial charge in [-0.2, -0.15) is 8.42 Å². The van der Waals surface area contributed by atoms with Crippen LogP contribution in [0.15, 0.2) is 0 Å². The van der Waals surface area contributed by atoms with Gasteiger partial charge in [0.15, 0.2) is 0 Å². The maximum Gasteiger partial charge on any atom is 0.266 e. The van der Waals surface area contributed by atoms with Crippen LogP contribution < -0.4 is 16.8 Å². The minimum Gasteiger partial charge on any atom is -0.355 e. The molecule has 0 aromatic rings. The van der Waals surface area contributed by atoms with Crippen molar-refractivity contribution in [2.24, 2.45) is 11.5 Å². The molecule has 0 rings (SSSR count). The summed E-state index contributed by atoms with van der Waals surface area (Å²) in [6.07, 6.45) is -0.0803. The van der Waals surface area contributed by atoms with Gasteiger partial charge in [0, 0.05) is 13.0 Å². The van der Waals surface area contributed by atoms with Crippen molar-refractivity contribution in [1.82, 2.24) is 5.32 Å². The molecule has 6 N–H and O–H groups in total. The predicted molar refractivity (Wildman–Crippen MR) is 50.8 cm³/mol. The van der Waals surface area contributed by atoms with Gasteiger partial charge in [0.1, 0.15) is 0 Å². The highest BCUT2D eigenvalue weighted by Crippen LogP contribution is 1.89. The van der Waals surface area contributed by atoms with Crippen LogP contribution in [-0.2, 0) is 14.9 Å². The van der Waals surface area contributed by atoms with E-state index in [9.17, 15) is 13.2 Å². The maximum absolute atomic E-state index is 10.9. The van der Waals surface area contributed by atoms with Crippen LogP contribution in [0.4, 0.5) is 0 Å². The molecule has 84 valence electrons. The topological polar surface area (TPSA) is 136 Å². The number of nitrogens with two attached hydrogens (primary N) is 2. The molecule has 0 aliphatic rings. The first-order chi connectivity index (χ1) is 6.31. The van der Waals surface area contributed by atoms with Gasteiger partial charge in [-0.1, -0.05) is 0 Å². The molecule has 0 saturated carbocycles. The number of hydrogen-bond acceptors (Lipinski definition) is 5. The lowest BCUT2D eigenvalue weighted by Crippen LogP contribution is -2.34. The van der Waals surface area contributed by atoms with Crippen LogP contribution in [0, 0.1) is 0 Å². The van der Waals surface area contributed by atoms with Crippen molar-refractivity contribution in [2.75, 3.05) is 12.3 Å². The molecule has 0 bridgehead atoms. The summed E-state index contributed by atoms with van der Waals surface area (Å²) in [6, 6.07) is 0. The third-order valence-electron chi connectivity index (χ3n) is 1.39. The quantitative estimate of drug-likeness (QED) is 0.305. The molecule has 0 aromatic carbocycles. The number of carbonyl (C=O) groups excluding carboxylic acids is 1. The number of hydrogen-bond donors (Lipinski definition) is 4. The van der Waals surface area contributed by atoms with Gasteiger partial charge in [-0.3, -0.25) is 9.35 Å². The van der Waals surface area contributed by atoms with Crippen molar-refractivity contribution < 1.29 is 17.8 Å². The Hall–Kier alpha value is -0.700. The summed E-state index contributed by atoms with van der Waals surface area (Å²) < 4.78 is 28.8. The van der Waals surface area contributed by atoms with Crippen LogP contribution in [0.25, 0.3) is 0 Å². The predicted octanol–water partition coefficient (Wildman–Crippen LogP) is -1.99. The van der Waals surface area contributed by atoms with Crippen molar-refractivity contribution in [2.45, 2.75) is 19.0 Å². The summed E-state index contributed by atoms with van der Waals surface area (Å²) in [5.74, 6) is -0.831. The summed E-state index contributed by atoms with van der Waals surface area (Å²) >= 11 is 0. The van der Waals surface area contributed by atoms with E-state index in [2.05, 4.69) is 5.32 Å². The lowest BCUT2D eigenvalue weighted by Gasteiger charge is -2.05. The van der Waals surface area contributed by atoms with Crippen molar-refractivity contribution in [1.29, 1.82) is 0 Å². The molecular weight excluding hydrogens is 210 g/mol. The smallest absolute Gasteiger partial charge is 0.266 e. The molecule has 0 fully saturated rings. The van der Waals surface area contributed by atoms with Crippen LogP contribution in [-0.4, -0.2) is 37.3 Å². The van der Waals surface area contributed by atoms with Gasteiger partial charge >= 0.3 is 0 Å².